The molecule has 4 aromatic rings. The van der Waals surface area contributed by atoms with E-state index in [-0.39, 0.29) is 12.0 Å². The minimum absolute atomic E-state index is 0.0621. The summed E-state index contributed by atoms with van der Waals surface area (Å²) < 4.78 is 0. The normalized spacial score (nSPS) is 24.0. The van der Waals surface area contributed by atoms with E-state index in [1.54, 1.807) is 17.4 Å². The first-order valence-corrected chi connectivity index (χ1v) is 12.8. The van der Waals surface area contributed by atoms with Crippen LogP contribution in [-0.2, 0) is 12.0 Å². The standard InChI is InChI=1S/C23H23Cl2N7OS/c1-11-9-34-22(27-11)23(10-26)13-5-6-32(7-14(13)23)21-16(8-33)28-19-18(30-31-20(19)29-21)12-3-2-4-15(24)17(12)25/h2-4,9,13-14,33H,5-8,10,26H2,1H3,(H,29,30,31). The van der Waals surface area contributed by atoms with Crippen LogP contribution in [0.5, 0.6) is 0 Å². The lowest BCUT2D eigenvalue weighted by Gasteiger charge is -2.28. The van der Waals surface area contributed by atoms with Crippen LogP contribution in [0.25, 0.3) is 22.4 Å². The van der Waals surface area contributed by atoms with Crippen LogP contribution < -0.4 is 10.6 Å². The molecule has 1 aliphatic heterocycles. The molecule has 0 amide bonds. The zero-order chi connectivity index (χ0) is 23.6. The van der Waals surface area contributed by atoms with Crippen LogP contribution in [0.2, 0.25) is 10.0 Å². The number of nitrogens with one attached hydrogen (secondary N) is 1. The molecule has 3 atom stereocenters. The largest absolute Gasteiger partial charge is 0.390 e. The van der Waals surface area contributed by atoms with Gasteiger partial charge in [0.2, 0.25) is 5.65 Å². The van der Waals surface area contributed by atoms with Gasteiger partial charge in [-0.15, -0.1) is 11.3 Å². The van der Waals surface area contributed by atoms with Gasteiger partial charge in [-0.25, -0.2) is 15.0 Å². The number of nitrogens with two attached hydrogens (primary N) is 1. The second kappa shape index (κ2) is 8.13. The van der Waals surface area contributed by atoms with Crippen molar-refractivity contribution in [2.45, 2.75) is 25.4 Å². The number of benzene rings is 1. The lowest BCUT2D eigenvalue weighted by atomic mass is 10.0. The Balaban J connectivity index is 1.36. The number of aromatic nitrogens is 5. The van der Waals surface area contributed by atoms with Gasteiger partial charge in [-0.1, -0.05) is 35.3 Å². The Hall–Kier alpha value is -2.30. The molecule has 1 aliphatic carbocycles. The van der Waals surface area contributed by atoms with Crippen LogP contribution in [0.1, 0.15) is 22.8 Å². The average Bonchev–Trinajstić information content (AvgIpc) is 3.09. The molecule has 3 unspecified atom stereocenters. The number of aryl methyl sites for hydroxylation is 1. The van der Waals surface area contributed by atoms with Crippen molar-refractivity contribution in [3.05, 3.63) is 50.0 Å². The Morgan fingerprint density at radius 2 is 2.12 bits per heavy atom. The number of fused-ring (bicyclic) bond motifs is 2. The maximum atomic E-state index is 10.2. The van der Waals surface area contributed by atoms with Crippen LogP contribution in [0.15, 0.2) is 23.6 Å². The van der Waals surface area contributed by atoms with Gasteiger partial charge in [0.15, 0.2) is 5.82 Å². The maximum Gasteiger partial charge on any atom is 0.202 e. The van der Waals surface area contributed by atoms with E-state index < -0.39 is 0 Å². The molecule has 34 heavy (non-hydrogen) atoms. The molecule has 2 aliphatic rings. The average molecular weight is 516 g/mol. The number of hydrogen-bond donors (Lipinski definition) is 3. The van der Waals surface area contributed by atoms with Crippen molar-refractivity contribution in [3.63, 3.8) is 0 Å². The molecule has 4 N–H and O–H groups in total. The highest BCUT2D eigenvalue weighted by Gasteiger charge is 2.67. The summed E-state index contributed by atoms with van der Waals surface area (Å²) in [6, 6.07) is 5.39. The van der Waals surface area contributed by atoms with Crippen molar-refractivity contribution in [2.24, 2.45) is 17.6 Å². The van der Waals surface area contributed by atoms with Crippen LogP contribution >= 0.6 is 34.5 Å². The maximum absolute atomic E-state index is 10.2. The Kier molecular flexibility index (Phi) is 5.31. The number of piperidine rings is 1. The van der Waals surface area contributed by atoms with Crippen molar-refractivity contribution in [2.75, 3.05) is 24.5 Å². The molecule has 3 aromatic heterocycles. The van der Waals surface area contributed by atoms with Gasteiger partial charge < -0.3 is 15.7 Å². The van der Waals surface area contributed by atoms with Crippen molar-refractivity contribution < 1.29 is 5.11 Å². The number of hydrogen-bond acceptors (Lipinski definition) is 8. The van der Waals surface area contributed by atoms with E-state index in [4.69, 9.17) is 43.9 Å². The second-order valence-electron chi connectivity index (χ2n) is 9.01. The molecule has 4 heterocycles. The summed E-state index contributed by atoms with van der Waals surface area (Å²) >= 11 is 14.3. The molecule has 176 valence electrons. The number of aromatic amines is 1. The predicted molar refractivity (Wildman–Crippen MR) is 134 cm³/mol. The summed E-state index contributed by atoms with van der Waals surface area (Å²) in [6.45, 7) is 3.99. The van der Waals surface area contributed by atoms with Crippen molar-refractivity contribution in [3.8, 4) is 11.3 Å². The Morgan fingerprint density at radius 3 is 2.85 bits per heavy atom. The summed E-state index contributed by atoms with van der Waals surface area (Å²) in [5.74, 6) is 1.59. The number of rotatable bonds is 5. The third kappa shape index (κ3) is 3.18. The van der Waals surface area contributed by atoms with E-state index in [1.807, 2.05) is 19.1 Å². The van der Waals surface area contributed by atoms with Crippen molar-refractivity contribution >= 4 is 51.5 Å². The van der Waals surface area contributed by atoms with Crippen LogP contribution in [0, 0.1) is 18.8 Å². The number of thiazole rings is 1. The fraction of sp³-hybridized carbons (Fsp3) is 0.391. The summed E-state index contributed by atoms with van der Waals surface area (Å²) in [5, 5.41) is 21.7. The van der Waals surface area contributed by atoms with Crippen LogP contribution in [0.4, 0.5) is 5.82 Å². The summed E-state index contributed by atoms with van der Waals surface area (Å²) in [4.78, 5) is 16.5. The number of aliphatic hydroxyl groups excluding tert-OH is 1. The van der Waals surface area contributed by atoms with Crippen LogP contribution in [-0.4, -0.2) is 49.9 Å². The second-order valence-corrected chi connectivity index (χ2v) is 10.7. The van der Waals surface area contributed by atoms with E-state index in [0.29, 0.717) is 62.4 Å². The molecule has 2 fully saturated rings. The molecule has 8 nitrogen and oxygen atoms in total. The minimum atomic E-state index is -0.232. The van der Waals surface area contributed by atoms with Gasteiger partial charge in [0.05, 0.1) is 22.3 Å². The van der Waals surface area contributed by atoms with Gasteiger partial charge in [0.1, 0.15) is 16.2 Å². The van der Waals surface area contributed by atoms with Gasteiger partial charge in [0.25, 0.3) is 0 Å². The van der Waals surface area contributed by atoms with Gasteiger partial charge in [0, 0.05) is 41.7 Å². The fourth-order valence-electron chi connectivity index (χ4n) is 5.55. The molecule has 0 radical (unpaired) electrons. The summed E-state index contributed by atoms with van der Waals surface area (Å²) in [5.41, 5.74) is 10.1. The third-order valence-electron chi connectivity index (χ3n) is 7.29. The quantitative estimate of drug-likeness (QED) is 0.368. The number of halogens is 2. The van der Waals surface area contributed by atoms with E-state index in [1.165, 1.54) is 0 Å². The van der Waals surface area contributed by atoms with E-state index >= 15 is 0 Å². The smallest absolute Gasteiger partial charge is 0.202 e. The molecule has 11 heteroatoms. The molecule has 1 saturated carbocycles. The first kappa shape index (κ1) is 22.2. The Labute approximate surface area is 210 Å². The zero-order valence-electron chi connectivity index (χ0n) is 18.4. The highest BCUT2D eigenvalue weighted by atomic mass is 35.5. The van der Waals surface area contributed by atoms with Gasteiger partial charge >= 0.3 is 0 Å². The number of H-pyrrole nitrogens is 1. The van der Waals surface area contributed by atoms with E-state index in [0.717, 1.165) is 30.2 Å². The number of aliphatic hydroxyl groups is 1. The highest BCUT2D eigenvalue weighted by Crippen LogP contribution is 2.63. The third-order valence-corrected chi connectivity index (χ3v) is 9.26. The molecule has 0 bridgehead atoms. The highest BCUT2D eigenvalue weighted by molar-refractivity contribution is 7.09. The van der Waals surface area contributed by atoms with E-state index in [2.05, 4.69) is 20.5 Å². The first-order chi connectivity index (χ1) is 16.5. The molecule has 1 saturated heterocycles. The monoisotopic (exact) mass is 515 g/mol. The molecule has 1 aromatic carbocycles. The number of nitrogens with zero attached hydrogens (tertiary/aromatic N) is 5. The minimum Gasteiger partial charge on any atom is -0.390 e. The molecule has 6 rings (SSSR count). The van der Waals surface area contributed by atoms with Gasteiger partial charge in [-0.2, -0.15) is 5.10 Å². The zero-order valence-corrected chi connectivity index (χ0v) is 20.8. The lowest BCUT2D eigenvalue weighted by Crippen LogP contribution is -2.33. The van der Waals surface area contributed by atoms with Crippen molar-refractivity contribution in [1.29, 1.82) is 0 Å². The molecular formula is C23H23Cl2N7OS. The lowest BCUT2D eigenvalue weighted by molar-refractivity contribution is 0.277. The van der Waals surface area contributed by atoms with Crippen LogP contribution in [0.3, 0.4) is 0 Å². The first-order valence-electron chi connectivity index (χ1n) is 11.2. The predicted octanol–water partition coefficient (Wildman–Crippen LogP) is 3.94. The summed E-state index contributed by atoms with van der Waals surface area (Å²) in [7, 11) is 0. The SMILES string of the molecule is Cc1csc(C2(CN)C3CCN(c4nc5n[nH]c(-c6cccc(Cl)c6Cl)c5nc4CO)CC32)n1. The fourth-order valence-corrected chi connectivity index (χ4v) is 7.08. The topological polar surface area (TPSA) is 117 Å². The molecule has 0 spiro atoms. The Morgan fingerprint density at radius 1 is 1.26 bits per heavy atom. The van der Waals surface area contributed by atoms with Crippen molar-refractivity contribution in [1.82, 2.24) is 25.1 Å². The van der Waals surface area contributed by atoms with Gasteiger partial charge in [-0.05, 0) is 31.2 Å². The summed E-state index contributed by atoms with van der Waals surface area (Å²) in [6.07, 6.45) is 0.995. The Bertz CT molecular complexity index is 1410. The van der Waals surface area contributed by atoms with Gasteiger partial charge in [-0.3, -0.25) is 5.10 Å². The van der Waals surface area contributed by atoms with E-state index in [9.17, 15) is 5.11 Å². The molecular weight excluding hydrogens is 493 g/mol. The number of anilines is 1.